The fourth-order valence-electron chi connectivity index (χ4n) is 2.22. The molecule has 3 rings (SSSR count). The number of carbonyl (C=O) groups is 1. The number of carboxylic acid groups (broad SMARTS) is 1. The molecule has 0 saturated carbocycles. The summed E-state index contributed by atoms with van der Waals surface area (Å²) < 4.78 is 1.58. The molecular formula is C15H14ClN5O2. The fraction of sp³-hybridized carbons (Fsp3) is 0.200. The molecular weight excluding hydrogens is 318 g/mol. The lowest BCUT2D eigenvalue weighted by atomic mass is 10.0. The molecule has 0 saturated heterocycles. The van der Waals surface area contributed by atoms with Crippen LogP contribution in [0.15, 0.2) is 30.5 Å². The van der Waals surface area contributed by atoms with Crippen LogP contribution in [-0.4, -0.2) is 30.8 Å². The number of hydrogen-bond acceptors (Lipinski definition) is 5. The highest BCUT2D eigenvalue weighted by atomic mass is 35.5. The van der Waals surface area contributed by atoms with Gasteiger partial charge in [0.05, 0.1) is 11.3 Å². The largest absolute Gasteiger partial charge is 0.481 e. The van der Waals surface area contributed by atoms with Crippen molar-refractivity contribution >= 4 is 40.2 Å². The molecule has 1 unspecified atom stereocenters. The van der Waals surface area contributed by atoms with Gasteiger partial charge in [0.15, 0.2) is 10.8 Å². The Hall–Kier alpha value is -2.67. The van der Waals surface area contributed by atoms with E-state index < -0.39 is 11.9 Å². The van der Waals surface area contributed by atoms with Gasteiger partial charge in [0.25, 0.3) is 0 Å². The van der Waals surface area contributed by atoms with Gasteiger partial charge in [-0.3, -0.25) is 4.79 Å². The van der Waals surface area contributed by atoms with E-state index in [0.29, 0.717) is 33.4 Å². The van der Waals surface area contributed by atoms with Gasteiger partial charge >= 0.3 is 5.97 Å². The summed E-state index contributed by atoms with van der Waals surface area (Å²) in [5.74, 6) is -1.07. The first kappa shape index (κ1) is 15.2. The number of aryl methyl sites for hydroxylation is 1. The zero-order chi connectivity index (χ0) is 16.6. The van der Waals surface area contributed by atoms with Crippen molar-refractivity contribution in [3.8, 4) is 0 Å². The van der Waals surface area contributed by atoms with Crippen molar-refractivity contribution in [2.45, 2.75) is 12.8 Å². The molecule has 7 nitrogen and oxygen atoms in total. The van der Waals surface area contributed by atoms with Crippen LogP contribution >= 0.6 is 11.6 Å². The van der Waals surface area contributed by atoms with Crippen LogP contribution in [0, 0.1) is 0 Å². The summed E-state index contributed by atoms with van der Waals surface area (Å²) in [6, 6.07) is 7.15. The van der Waals surface area contributed by atoms with Crippen molar-refractivity contribution in [2.24, 2.45) is 7.05 Å². The number of halogens is 1. The third-order valence-electron chi connectivity index (χ3n) is 3.55. The Balaban J connectivity index is 1.91. The molecule has 8 heteroatoms. The first-order chi connectivity index (χ1) is 11.0. The molecule has 3 aromatic rings. The lowest BCUT2D eigenvalue weighted by molar-refractivity contribution is -0.138. The minimum Gasteiger partial charge on any atom is -0.481 e. The summed E-state index contributed by atoms with van der Waals surface area (Å²) in [5.41, 5.74) is 2.03. The Kier molecular flexibility index (Phi) is 3.87. The third kappa shape index (κ3) is 2.95. The van der Waals surface area contributed by atoms with Crippen LogP contribution in [0.25, 0.3) is 11.0 Å². The Morgan fingerprint density at radius 1 is 1.43 bits per heavy atom. The third-order valence-corrected chi connectivity index (χ3v) is 3.83. The van der Waals surface area contributed by atoms with Crippen molar-refractivity contribution in [2.75, 3.05) is 5.32 Å². The predicted molar refractivity (Wildman–Crippen MR) is 87.1 cm³/mol. The number of benzene rings is 1. The van der Waals surface area contributed by atoms with Crippen molar-refractivity contribution in [1.29, 1.82) is 0 Å². The van der Waals surface area contributed by atoms with Gasteiger partial charge in [0.2, 0.25) is 5.95 Å². The van der Waals surface area contributed by atoms with Gasteiger partial charge < -0.3 is 10.4 Å². The number of aromatic nitrogens is 4. The molecule has 0 spiro atoms. The van der Waals surface area contributed by atoms with Crippen LogP contribution in [-0.2, 0) is 11.8 Å². The molecule has 0 amide bonds. The highest BCUT2D eigenvalue weighted by Gasteiger charge is 2.14. The number of hydrogen-bond donors (Lipinski definition) is 2. The highest BCUT2D eigenvalue weighted by molar-refractivity contribution is 6.34. The van der Waals surface area contributed by atoms with Gasteiger partial charge in [-0.1, -0.05) is 23.7 Å². The van der Waals surface area contributed by atoms with Crippen LogP contribution in [0.2, 0.25) is 5.15 Å². The van der Waals surface area contributed by atoms with Gasteiger partial charge in [-0.15, -0.1) is 0 Å². The second kappa shape index (κ2) is 5.85. The van der Waals surface area contributed by atoms with E-state index in [-0.39, 0.29) is 0 Å². The van der Waals surface area contributed by atoms with E-state index in [1.54, 1.807) is 43.0 Å². The molecule has 118 valence electrons. The number of anilines is 2. The van der Waals surface area contributed by atoms with E-state index in [0.717, 1.165) is 0 Å². The average Bonchev–Trinajstić information content (AvgIpc) is 2.81. The first-order valence-electron chi connectivity index (χ1n) is 6.90. The summed E-state index contributed by atoms with van der Waals surface area (Å²) in [4.78, 5) is 19.7. The minimum absolute atomic E-state index is 0.353. The summed E-state index contributed by atoms with van der Waals surface area (Å²) in [5, 5.41) is 17.3. The standard InChI is InChI=1S/C15H14ClN5O2/c1-8(14(22)23)9-4-3-5-10(6-9)18-15-17-7-11-12(16)20-21(2)13(11)19-15/h3-8H,1-2H3,(H,22,23)(H,17,18,19). The van der Waals surface area contributed by atoms with E-state index in [1.807, 2.05) is 6.07 Å². The molecule has 2 N–H and O–H groups in total. The lowest BCUT2D eigenvalue weighted by Crippen LogP contribution is -2.07. The maximum atomic E-state index is 11.1. The first-order valence-corrected chi connectivity index (χ1v) is 7.28. The molecule has 0 bridgehead atoms. The SMILES string of the molecule is CC(C(=O)O)c1cccc(Nc2ncc3c(Cl)nn(C)c3n2)c1. The molecule has 1 atom stereocenters. The molecule has 0 radical (unpaired) electrons. The number of nitrogens with zero attached hydrogens (tertiary/aromatic N) is 4. The van der Waals surface area contributed by atoms with E-state index in [1.165, 1.54) is 0 Å². The summed E-state index contributed by atoms with van der Waals surface area (Å²) >= 11 is 5.99. The Morgan fingerprint density at radius 2 is 2.22 bits per heavy atom. The second-order valence-corrected chi connectivity index (χ2v) is 5.51. The van der Waals surface area contributed by atoms with Crippen LogP contribution in [0.1, 0.15) is 18.4 Å². The van der Waals surface area contributed by atoms with Crippen molar-refractivity contribution in [3.05, 3.63) is 41.2 Å². The van der Waals surface area contributed by atoms with E-state index in [4.69, 9.17) is 16.7 Å². The fourth-order valence-corrected chi connectivity index (χ4v) is 2.46. The van der Waals surface area contributed by atoms with Crippen molar-refractivity contribution in [1.82, 2.24) is 19.7 Å². The van der Waals surface area contributed by atoms with Gasteiger partial charge in [-0.25, -0.2) is 9.67 Å². The number of fused-ring (bicyclic) bond motifs is 1. The maximum absolute atomic E-state index is 11.1. The molecule has 1 aromatic carbocycles. The van der Waals surface area contributed by atoms with E-state index in [9.17, 15) is 4.79 Å². The lowest BCUT2D eigenvalue weighted by Gasteiger charge is -2.10. The van der Waals surface area contributed by atoms with Crippen LogP contribution in [0.5, 0.6) is 0 Å². The van der Waals surface area contributed by atoms with Crippen molar-refractivity contribution < 1.29 is 9.90 Å². The number of nitrogens with one attached hydrogen (secondary N) is 1. The van der Waals surface area contributed by atoms with E-state index >= 15 is 0 Å². The van der Waals surface area contributed by atoms with Gasteiger partial charge in [-0.2, -0.15) is 10.1 Å². The Bertz CT molecular complexity index is 893. The zero-order valence-corrected chi connectivity index (χ0v) is 13.2. The number of carboxylic acids is 1. The van der Waals surface area contributed by atoms with Gasteiger partial charge in [0, 0.05) is 18.9 Å². The Morgan fingerprint density at radius 3 is 2.96 bits per heavy atom. The molecule has 23 heavy (non-hydrogen) atoms. The smallest absolute Gasteiger partial charge is 0.310 e. The van der Waals surface area contributed by atoms with E-state index in [2.05, 4.69) is 20.4 Å². The molecule has 2 heterocycles. The summed E-state index contributed by atoms with van der Waals surface area (Å²) in [6.07, 6.45) is 1.60. The minimum atomic E-state index is -0.871. The van der Waals surface area contributed by atoms with Crippen LogP contribution in [0.3, 0.4) is 0 Å². The topological polar surface area (TPSA) is 92.9 Å². The highest BCUT2D eigenvalue weighted by Crippen LogP contribution is 2.24. The van der Waals surface area contributed by atoms with Crippen LogP contribution in [0.4, 0.5) is 11.6 Å². The zero-order valence-electron chi connectivity index (χ0n) is 12.5. The molecule has 0 aliphatic rings. The quantitative estimate of drug-likeness (QED) is 0.763. The normalized spacial score (nSPS) is 12.3. The molecule has 0 aliphatic carbocycles. The monoisotopic (exact) mass is 331 g/mol. The van der Waals surface area contributed by atoms with Gasteiger partial charge in [-0.05, 0) is 24.6 Å². The predicted octanol–water partition coefficient (Wildman–Crippen LogP) is 2.95. The molecule has 0 fully saturated rings. The maximum Gasteiger partial charge on any atom is 0.310 e. The van der Waals surface area contributed by atoms with Crippen molar-refractivity contribution in [3.63, 3.8) is 0 Å². The average molecular weight is 332 g/mol. The van der Waals surface area contributed by atoms with Crippen LogP contribution < -0.4 is 5.32 Å². The number of aliphatic carboxylic acids is 1. The number of rotatable bonds is 4. The Labute approximate surface area is 136 Å². The van der Waals surface area contributed by atoms with Gasteiger partial charge in [0.1, 0.15) is 0 Å². The summed E-state index contributed by atoms with van der Waals surface area (Å²) in [7, 11) is 1.75. The molecule has 2 aromatic heterocycles. The molecule has 0 aliphatic heterocycles. The summed E-state index contributed by atoms with van der Waals surface area (Å²) in [6.45, 7) is 1.64. The second-order valence-electron chi connectivity index (χ2n) is 5.16.